The minimum Gasteiger partial charge on any atom is -0.385 e. The van der Waals surface area contributed by atoms with Crippen molar-refractivity contribution in [3.05, 3.63) is 35.6 Å². The highest BCUT2D eigenvalue weighted by Crippen LogP contribution is 2.30. The van der Waals surface area contributed by atoms with Crippen LogP contribution in [0.25, 0.3) is 0 Å². The van der Waals surface area contributed by atoms with Crippen LogP contribution in [0.15, 0.2) is 24.3 Å². The van der Waals surface area contributed by atoms with Gasteiger partial charge in [0.15, 0.2) is 0 Å². The number of benzene rings is 1. The van der Waals surface area contributed by atoms with Gasteiger partial charge >= 0.3 is 0 Å². The highest BCUT2D eigenvalue weighted by atomic mass is 19.1. The van der Waals surface area contributed by atoms with E-state index in [1.807, 2.05) is 0 Å². The molecule has 1 aromatic carbocycles. The van der Waals surface area contributed by atoms with Crippen molar-refractivity contribution >= 4 is 17.7 Å². The monoisotopic (exact) mass is 419 g/mol. The van der Waals surface area contributed by atoms with Crippen molar-refractivity contribution in [2.45, 2.75) is 38.1 Å². The molecule has 2 N–H and O–H groups in total. The number of halogens is 1. The van der Waals surface area contributed by atoms with Crippen molar-refractivity contribution in [1.29, 1.82) is 0 Å². The molecule has 3 amide bonds. The molecule has 1 aromatic rings. The quantitative estimate of drug-likeness (QED) is 0.597. The van der Waals surface area contributed by atoms with Crippen LogP contribution in [-0.2, 0) is 14.3 Å². The number of hydrogen-bond donors (Lipinski definition) is 2. The first-order chi connectivity index (χ1) is 14.5. The predicted octanol–water partition coefficient (Wildman–Crippen LogP) is 1.73. The maximum atomic E-state index is 13.1. The lowest BCUT2D eigenvalue weighted by molar-refractivity contribution is -0.131. The van der Waals surface area contributed by atoms with E-state index in [9.17, 15) is 18.8 Å². The summed E-state index contributed by atoms with van der Waals surface area (Å²) >= 11 is 0. The van der Waals surface area contributed by atoms with Crippen LogP contribution in [0.3, 0.4) is 0 Å². The molecule has 0 aromatic heterocycles. The van der Waals surface area contributed by atoms with Crippen LogP contribution in [0, 0.1) is 17.7 Å². The number of methoxy groups -OCH3 is 1. The second kappa shape index (κ2) is 10.5. The van der Waals surface area contributed by atoms with Crippen LogP contribution >= 0.6 is 0 Å². The van der Waals surface area contributed by atoms with Gasteiger partial charge in [-0.1, -0.05) is 0 Å². The van der Waals surface area contributed by atoms with Crippen molar-refractivity contribution in [2.24, 2.45) is 11.8 Å². The third-order valence-corrected chi connectivity index (χ3v) is 5.74. The first kappa shape index (κ1) is 22.2. The maximum absolute atomic E-state index is 13.1. The Morgan fingerprint density at radius 2 is 1.80 bits per heavy atom. The highest BCUT2D eigenvalue weighted by Gasteiger charge is 2.37. The molecule has 164 valence electrons. The molecule has 1 atom stereocenters. The molecule has 1 saturated heterocycles. The van der Waals surface area contributed by atoms with Gasteiger partial charge in [0.1, 0.15) is 11.9 Å². The molecule has 1 heterocycles. The summed E-state index contributed by atoms with van der Waals surface area (Å²) in [5.74, 6) is -0.770. The zero-order valence-electron chi connectivity index (χ0n) is 17.4. The lowest BCUT2D eigenvalue weighted by atomic mass is 9.88. The van der Waals surface area contributed by atoms with Gasteiger partial charge < -0.3 is 20.3 Å². The fraction of sp³-hybridized carbons (Fsp3) is 0.591. The van der Waals surface area contributed by atoms with E-state index in [0.717, 1.165) is 12.8 Å². The molecule has 8 heteroatoms. The summed E-state index contributed by atoms with van der Waals surface area (Å²) in [5.41, 5.74) is 0.448. The number of nitrogens with one attached hydrogen (secondary N) is 2. The van der Waals surface area contributed by atoms with Crippen molar-refractivity contribution in [3.8, 4) is 0 Å². The molecule has 0 radical (unpaired) electrons. The number of rotatable bonds is 9. The van der Waals surface area contributed by atoms with Gasteiger partial charge in [0, 0.05) is 44.8 Å². The van der Waals surface area contributed by atoms with Crippen molar-refractivity contribution in [1.82, 2.24) is 15.5 Å². The fourth-order valence-electron chi connectivity index (χ4n) is 3.76. The number of nitrogens with zero attached hydrogens (tertiary/aromatic N) is 1. The minimum atomic E-state index is -0.594. The van der Waals surface area contributed by atoms with Gasteiger partial charge in [-0.25, -0.2) is 4.39 Å². The van der Waals surface area contributed by atoms with Gasteiger partial charge in [-0.2, -0.15) is 0 Å². The molecule has 7 nitrogen and oxygen atoms in total. The number of ether oxygens (including phenoxy) is 1. The molecule has 0 unspecified atom stereocenters. The Hall–Kier alpha value is -2.48. The van der Waals surface area contributed by atoms with Gasteiger partial charge in [0.25, 0.3) is 5.91 Å². The second-order valence-corrected chi connectivity index (χ2v) is 8.03. The number of carbonyl (C=O) groups is 3. The van der Waals surface area contributed by atoms with Gasteiger partial charge in [0.05, 0.1) is 0 Å². The number of hydrogen-bond acceptors (Lipinski definition) is 4. The molecular formula is C22H30FN3O4. The van der Waals surface area contributed by atoms with Crippen molar-refractivity contribution in [2.75, 3.05) is 33.4 Å². The van der Waals surface area contributed by atoms with Crippen LogP contribution in [-0.4, -0.2) is 62.0 Å². The normalized spacial score (nSPS) is 18.0. The molecule has 0 bridgehead atoms. The smallest absolute Gasteiger partial charge is 0.253 e. The Labute approximate surface area is 176 Å². The van der Waals surface area contributed by atoms with Crippen LogP contribution in [0.1, 0.15) is 42.5 Å². The average Bonchev–Trinajstić information content (AvgIpc) is 3.60. The lowest BCUT2D eigenvalue weighted by Gasteiger charge is -2.36. The van der Waals surface area contributed by atoms with E-state index in [4.69, 9.17) is 4.74 Å². The predicted molar refractivity (Wildman–Crippen MR) is 109 cm³/mol. The van der Waals surface area contributed by atoms with Crippen molar-refractivity contribution in [3.63, 3.8) is 0 Å². The lowest BCUT2D eigenvalue weighted by Crippen LogP contribution is -2.54. The summed E-state index contributed by atoms with van der Waals surface area (Å²) in [5, 5.41) is 5.84. The molecule has 30 heavy (non-hydrogen) atoms. The third kappa shape index (κ3) is 6.01. The number of carbonyl (C=O) groups excluding carboxylic acids is 3. The summed E-state index contributed by atoms with van der Waals surface area (Å²) in [4.78, 5) is 39.5. The van der Waals surface area contributed by atoms with Crippen molar-refractivity contribution < 1.29 is 23.5 Å². The first-order valence-electron chi connectivity index (χ1n) is 10.6. The van der Waals surface area contributed by atoms with E-state index in [-0.39, 0.29) is 35.4 Å². The summed E-state index contributed by atoms with van der Waals surface area (Å²) in [7, 11) is 1.61. The average molecular weight is 419 g/mol. The largest absolute Gasteiger partial charge is 0.385 e. The Morgan fingerprint density at radius 1 is 1.13 bits per heavy atom. The topological polar surface area (TPSA) is 87.7 Å². The van der Waals surface area contributed by atoms with E-state index in [2.05, 4.69) is 10.6 Å². The van der Waals surface area contributed by atoms with Crippen LogP contribution in [0.4, 0.5) is 4.39 Å². The van der Waals surface area contributed by atoms with E-state index < -0.39 is 6.04 Å². The summed E-state index contributed by atoms with van der Waals surface area (Å²) in [6, 6.07) is 4.92. The highest BCUT2D eigenvalue weighted by molar-refractivity contribution is 5.94. The van der Waals surface area contributed by atoms with Crippen LogP contribution in [0.5, 0.6) is 0 Å². The van der Waals surface area contributed by atoms with Gasteiger partial charge in [-0.3, -0.25) is 14.4 Å². The summed E-state index contributed by atoms with van der Waals surface area (Å²) in [6.07, 6.45) is 3.69. The molecule has 1 saturated carbocycles. The molecule has 2 fully saturated rings. The molecule has 3 rings (SSSR count). The number of amides is 3. The zero-order valence-corrected chi connectivity index (χ0v) is 17.4. The first-order valence-corrected chi connectivity index (χ1v) is 10.6. The third-order valence-electron chi connectivity index (χ3n) is 5.74. The number of piperidine rings is 1. The standard InChI is InChI=1S/C22H30FN3O4/c1-30-14-2-11-24-21(28)19(25-20(27)16-3-4-16)15-9-12-26(13-10-15)22(29)17-5-7-18(23)8-6-17/h5-8,15-16,19H,2-4,9-14H2,1H3,(H,24,28)(H,25,27)/t19-/m0/s1. The minimum absolute atomic E-state index is 0.0222. The van der Waals surface area contributed by atoms with E-state index >= 15 is 0 Å². The summed E-state index contributed by atoms with van der Waals surface area (Å²) in [6.45, 7) is 2.04. The number of likely N-dealkylation sites (tertiary alicyclic amines) is 1. The van der Waals surface area contributed by atoms with E-state index in [1.165, 1.54) is 24.3 Å². The molecule has 2 aliphatic rings. The Kier molecular flexibility index (Phi) is 7.79. The second-order valence-electron chi connectivity index (χ2n) is 8.03. The van der Waals surface area contributed by atoms with Gasteiger partial charge in [0.2, 0.25) is 11.8 Å². The molecular weight excluding hydrogens is 389 g/mol. The Morgan fingerprint density at radius 3 is 2.40 bits per heavy atom. The molecule has 0 spiro atoms. The van der Waals surface area contributed by atoms with Crippen LogP contribution in [0.2, 0.25) is 0 Å². The van der Waals surface area contributed by atoms with Gasteiger partial charge in [-0.05, 0) is 62.3 Å². The van der Waals surface area contributed by atoms with E-state index in [1.54, 1.807) is 12.0 Å². The van der Waals surface area contributed by atoms with Gasteiger partial charge in [-0.15, -0.1) is 0 Å². The fourth-order valence-corrected chi connectivity index (χ4v) is 3.76. The Balaban J connectivity index is 1.57. The summed E-state index contributed by atoms with van der Waals surface area (Å²) < 4.78 is 18.1. The SMILES string of the molecule is COCCCNC(=O)[C@@H](NC(=O)C1CC1)C1CCN(C(=O)c2ccc(F)cc2)CC1. The Bertz CT molecular complexity index is 743. The zero-order chi connectivity index (χ0) is 21.5. The van der Waals surface area contributed by atoms with Crippen LogP contribution < -0.4 is 10.6 Å². The van der Waals surface area contributed by atoms with E-state index in [0.29, 0.717) is 51.1 Å². The maximum Gasteiger partial charge on any atom is 0.253 e. The molecule has 1 aliphatic heterocycles. The molecule has 1 aliphatic carbocycles.